The maximum atomic E-state index is 13.0. The van der Waals surface area contributed by atoms with Crippen molar-refractivity contribution in [1.82, 2.24) is 14.9 Å². The number of likely N-dealkylation sites (N-methyl/N-ethyl adjacent to an activating group) is 1. The van der Waals surface area contributed by atoms with Gasteiger partial charge in [-0.05, 0) is 50.5 Å². The van der Waals surface area contributed by atoms with Gasteiger partial charge in [0.25, 0.3) is 0 Å². The van der Waals surface area contributed by atoms with Gasteiger partial charge < -0.3 is 29.5 Å². The molecule has 3 heterocycles. The number of carbonyl (C=O) groups is 3. The van der Waals surface area contributed by atoms with Gasteiger partial charge in [-0.1, -0.05) is 12.2 Å². The SMILES string of the molecule is CN(CCOCCOC/C=C/c1cnc2c(c1)[C@@]1(Cc3cc(C(=O)O)cnc3C1)C(=O)N2)C(=O)OC(C)(C)C. The van der Waals surface area contributed by atoms with E-state index in [4.69, 9.17) is 14.2 Å². The van der Waals surface area contributed by atoms with E-state index in [1.807, 2.05) is 39.0 Å². The highest BCUT2D eigenvalue weighted by Gasteiger charge is 2.52. The molecule has 1 aliphatic heterocycles. The minimum Gasteiger partial charge on any atom is -0.478 e. The summed E-state index contributed by atoms with van der Waals surface area (Å²) in [5.74, 6) is -0.674. The first-order valence-corrected chi connectivity index (χ1v) is 12.8. The molecule has 2 aromatic rings. The Hall–Kier alpha value is -3.83. The lowest BCUT2D eigenvalue weighted by Gasteiger charge is -2.24. The molecule has 2 aliphatic rings. The number of pyridine rings is 2. The fraction of sp³-hybridized carbons (Fsp3) is 0.464. The highest BCUT2D eigenvalue weighted by molar-refractivity contribution is 6.06. The Labute approximate surface area is 227 Å². The normalized spacial score (nSPS) is 17.8. The number of nitrogens with zero attached hydrogens (tertiary/aromatic N) is 3. The van der Waals surface area contributed by atoms with Crippen LogP contribution >= 0.6 is 0 Å². The molecule has 0 fully saturated rings. The lowest BCUT2D eigenvalue weighted by atomic mass is 9.79. The van der Waals surface area contributed by atoms with Gasteiger partial charge in [-0.3, -0.25) is 9.78 Å². The van der Waals surface area contributed by atoms with E-state index in [0.29, 0.717) is 51.6 Å². The Morgan fingerprint density at radius 1 is 1.13 bits per heavy atom. The van der Waals surface area contributed by atoms with E-state index in [0.717, 1.165) is 22.4 Å². The first-order valence-electron chi connectivity index (χ1n) is 12.8. The number of anilines is 1. The molecule has 0 saturated carbocycles. The number of carboxylic acids is 1. The van der Waals surface area contributed by atoms with Crippen LogP contribution in [-0.2, 0) is 37.3 Å². The largest absolute Gasteiger partial charge is 0.478 e. The van der Waals surface area contributed by atoms with E-state index in [2.05, 4.69) is 15.3 Å². The van der Waals surface area contributed by atoms with Crippen LogP contribution in [0, 0.1) is 0 Å². The van der Waals surface area contributed by atoms with Crippen LogP contribution in [0.5, 0.6) is 0 Å². The first kappa shape index (κ1) is 28.2. The number of carbonyl (C=O) groups excluding carboxylic acids is 2. The summed E-state index contributed by atoms with van der Waals surface area (Å²) < 4.78 is 16.4. The molecule has 11 heteroatoms. The van der Waals surface area contributed by atoms with E-state index < -0.39 is 17.0 Å². The van der Waals surface area contributed by atoms with E-state index in [1.165, 1.54) is 11.1 Å². The third kappa shape index (κ3) is 6.61. The number of rotatable bonds is 10. The fourth-order valence-electron chi connectivity index (χ4n) is 4.57. The van der Waals surface area contributed by atoms with Gasteiger partial charge in [0.05, 0.1) is 37.4 Å². The van der Waals surface area contributed by atoms with Crippen LogP contribution in [-0.4, -0.2) is 83.6 Å². The second-order valence-electron chi connectivity index (χ2n) is 10.7. The molecule has 1 spiro atoms. The van der Waals surface area contributed by atoms with E-state index in [-0.39, 0.29) is 17.6 Å². The van der Waals surface area contributed by atoms with Crippen molar-refractivity contribution in [2.24, 2.45) is 0 Å². The Balaban J connectivity index is 1.24. The average molecular weight is 539 g/mol. The van der Waals surface area contributed by atoms with Gasteiger partial charge in [0, 0.05) is 43.7 Å². The lowest BCUT2D eigenvalue weighted by molar-refractivity contribution is -0.120. The molecule has 2 N–H and O–H groups in total. The van der Waals surface area contributed by atoms with Crippen LogP contribution in [0.2, 0.25) is 0 Å². The Morgan fingerprint density at radius 3 is 2.64 bits per heavy atom. The van der Waals surface area contributed by atoms with E-state index in [1.54, 1.807) is 19.3 Å². The number of aromatic carboxylic acids is 1. The number of hydrogen-bond acceptors (Lipinski definition) is 8. The number of carboxylic acid groups (broad SMARTS) is 1. The zero-order chi connectivity index (χ0) is 28.2. The number of hydrogen-bond donors (Lipinski definition) is 2. The minimum atomic E-state index is -1.05. The summed E-state index contributed by atoms with van der Waals surface area (Å²) >= 11 is 0. The van der Waals surface area contributed by atoms with Crippen LogP contribution in [0.1, 0.15) is 53.5 Å². The topological polar surface area (TPSA) is 140 Å². The third-order valence-corrected chi connectivity index (χ3v) is 6.53. The highest BCUT2D eigenvalue weighted by Crippen LogP contribution is 2.46. The summed E-state index contributed by atoms with van der Waals surface area (Å²) in [6, 6.07) is 3.53. The van der Waals surface area contributed by atoms with Gasteiger partial charge in [0.15, 0.2) is 0 Å². The maximum Gasteiger partial charge on any atom is 0.410 e. The summed E-state index contributed by atoms with van der Waals surface area (Å²) in [6.45, 7) is 7.42. The second kappa shape index (κ2) is 11.5. The highest BCUT2D eigenvalue weighted by atomic mass is 16.6. The number of ether oxygens (including phenoxy) is 3. The monoisotopic (exact) mass is 538 g/mol. The van der Waals surface area contributed by atoms with Gasteiger partial charge in [-0.15, -0.1) is 0 Å². The fourth-order valence-corrected chi connectivity index (χ4v) is 4.57. The van der Waals surface area contributed by atoms with E-state index in [9.17, 15) is 19.5 Å². The molecule has 0 aromatic carbocycles. The molecule has 4 rings (SSSR count). The molecule has 2 aromatic heterocycles. The van der Waals surface area contributed by atoms with Crippen molar-refractivity contribution >= 4 is 29.9 Å². The number of nitrogens with one attached hydrogen (secondary N) is 1. The van der Waals surface area contributed by atoms with E-state index >= 15 is 0 Å². The number of aromatic nitrogens is 2. The van der Waals surface area contributed by atoms with Crippen molar-refractivity contribution < 1.29 is 33.7 Å². The maximum absolute atomic E-state index is 13.0. The van der Waals surface area contributed by atoms with Gasteiger partial charge in [0.2, 0.25) is 5.91 Å². The second-order valence-corrected chi connectivity index (χ2v) is 10.7. The van der Waals surface area contributed by atoms with Crippen molar-refractivity contribution in [2.75, 3.05) is 45.3 Å². The molecule has 0 saturated heterocycles. The van der Waals surface area contributed by atoms with Crippen LogP contribution in [0.15, 0.2) is 30.6 Å². The Morgan fingerprint density at radius 2 is 1.90 bits per heavy atom. The first-order chi connectivity index (χ1) is 18.5. The van der Waals surface area contributed by atoms with Crippen molar-refractivity contribution in [3.63, 3.8) is 0 Å². The predicted molar refractivity (Wildman–Crippen MR) is 143 cm³/mol. The molecular formula is C28H34N4O7. The molecule has 11 nitrogen and oxygen atoms in total. The van der Waals surface area contributed by atoms with Gasteiger partial charge in [0.1, 0.15) is 11.4 Å². The summed E-state index contributed by atoms with van der Waals surface area (Å²) in [5.41, 5.74) is 1.84. The molecule has 1 aliphatic carbocycles. The predicted octanol–water partition coefficient (Wildman–Crippen LogP) is 3.08. The molecule has 208 valence electrons. The molecule has 0 bridgehead atoms. The number of amides is 2. The summed E-state index contributed by atoms with van der Waals surface area (Å²) in [7, 11) is 1.66. The molecule has 0 unspecified atom stereocenters. The van der Waals surface area contributed by atoms with Crippen LogP contribution < -0.4 is 5.32 Å². The minimum absolute atomic E-state index is 0.109. The van der Waals surface area contributed by atoms with Crippen molar-refractivity contribution in [2.45, 2.75) is 44.6 Å². The van der Waals surface area contributed by atoms with Gasteiger partial charge >= 0.3 is 12.1 Å². The zero-order valence-corrected chi connectivity index (χ0v) is 22.7. The van der Waals surface area contributed by atoms with Crippen LogP contribution in [0.25, 0.3) is 6.08 Å². The molecular weight excluding hydrogens is 504 g/mol. The Kier molecular flexibility index (Phi) is 8.31. The van der Waals surface area contributed by atoms with Gasteiger partial charge in [-0.2, -0.15) is 0 Å². The van der Waals surface area contributed by atoms with Crippen LogP contribution in [0.3, 0.4) is 0 Å². The van der Waals surface area contributed by atoms with Gasteiger partial charge in [-0.25, -0.2) is 14.6 Å². The smallest absolute Gasteiger partial charge is 0.410 e. The molecule has 0 radical (unpaired) electrons. The summed E-state index contributed by atoms with van der Waals surface area (Å²) in [5, 5.41) is 12.2. The Bertz CT molecular complexity index is 1290. The quantitative estimate of drug-likeness (QED) is 0.437. The molecule has 39 heavy (non-hydrogen) atoms. The summed E-state index contributed by atoms with van der Waals surface area (Å²) in [4.78, 5) is 46.5. The summed E-state index contributed by atoms with van der Waals surface area (Å²) in [6.07, 6.45) is 7.14. The standard InChI is InChI=1S/C28H34N4O7/c1-27(2,3)39-26(36)32(4)7-9-38-11-10-37-8-5-6-18-12-21-23(30-16-18)31-25(35)28(21)14-19-13-20(24(33)34)17-29-22(19)15-28/h5-6,12-13,16-17H,7-11,14-15H2,1-4H3,(H,33,34)(H,30,31,35)/b6-5+/t28-/m0/s1. The number of fused-ring (bicyclic) bond motifs is 3. The van der Waals surface area contributed by atoms with Crippen molar-refractivity contribution in [3.8, 4) is 0 Å². The van der Waals surface area contributed by atoms with Crippen LogP contribution in [0.4, 0.5) is 10.6 Å². The molecule has 1 atom stereocenters. The van der Waals surface area contributed by atoms with Crippen molar-refractivity contribution in [1.29, 1.82) is 0 Å². The average Bonchev–Trinajstić information content (AvgIpc) is 3.38. The van der Waals surface area contributed by atoms with Crippen molar-refractivity contribution in [3.05, 3.63) is 58.6 Å². The molecule has 2 amide bonds. The zero-order valence-electron chi connectivity index (χ0n) is 22.7. The third-order valence-electron chi connectivity index (χ3n) is 6.53. The lowest BCUT2D eigenvalue weighted by Crippen LogP contribution is -2.36.